The molecule has 2 heteroatoms. The van der Waals surface area contributed by atoms with Crippen LogP contribution in [0.1, 0.15) is 53.5 Å². The summed E-state index contributed by atoms with van der Waals surface area (Å²) in [5.41, 5.74) is 3.13. The molecule has 0 bridgehead atoms. The topological polar surface area (TPSA) is 22.0 Å². The molecule has 1 saturated carbocycles. The van der Waals surface area contributed by atoms with Crippen molar-refractivity contribution < 1.29 is 4.79 Å². The quantitative estimate of drug-likeness (QED) is 0.560. The largest absolute Gasteiger partial charge is 0.345 e. The van der Waals surface area contributed by atoms with E-state index >= 15 is 0 Å². The first kappa shape index (κ1) is 11.2. The average molecular weight is 217 g/mol. The molecule has 1 aromatic rings. The van der Waals surface area contributed by atoms with Crippen LogP contribution in [-0.2, 0) is 0 Å². The lowest BCUT2D eigenvalue weighted by atomic mass is 10.1. The van der Waals surface area contributed by atoms with Gasteiger partial charge in [0, 0.05) is 23.0 Å². The van der Waals surface area contributed by atoms with Crippen molar-refractivity contribution in [2.24, 2.45) is 0 Å². The third kappa shape index (κ3) is 1.73. The van der Waals surface area contributed by atoms with Crippen LogP contribution in [0.4, 0.5) is 0 Å². The van der Waals surface area contributed by atoms with Gasteiger partial charge in [0.2, 0.25) is 0 Å². The summed E-state index contributed by atoms with van der Waals surface area (Å²) in [6, 6.07) is 2.60. The zero-order valence-corrected chi connectivity index (χ0v) is 10.1. The summed E-state index contributed by atoms with van der Waals surface area (Å²) in [7, 11) is 0. The van der Waals surface area contributed by atoms with E-state index in [1.165, 1.54) is 37.5 Å². The molecule has 1 fully saturated rings. The maximum absolute atomic E-state index is 11.7. The Balaban J connectivity index is 2.42. The first-order valence-electron chi connectivity index (χ1n) is 6.00. The molecule has 0 amide bonds. The van der Waals surface area contributed by atoms with Crippen molar-refractivity contribution in [2.45, 2.75) is 45.6 Å². The Bertz CT molecular complexity index is 422. The molecule has 1 heterocycles. The molecule has 0 aliphatic heterocycles. The predicted octanol–water partition coefficient (Wildman–Crippen LogP) is 3.59. The number of hydrogen-bond acceptors (Lipinski definition) is 1. The lowest BCUT2D eigenvalue weighted by Gasteiger charge is -2.17. The summed E-state index contributed by atoms with van der Waals surface area (Å²) < 4.78 is 2.34. The number of ketones is 1. The lowest BCUT2D eigenvalue weighted by Crippen LogP contribution is -2.09. The van der Waals surface area contributed by atoms with Crippen molar-refractivity contribution in [2.75, 3.05) is 0 Å². The second kappa shape index (κ2) is 4.28. The number of aromatic nitrogens is 1. The Labute approximate surface area is 97.0 Å². The second-order valence-corrected chi connectivity index (χ2v) is 4.66. The first-order chi connectivity index (χ1) is 7.65. The van der Waals surface area contributed by atoms with Crippen LogP contribution < -0.4 is 0 Å². The highest BCUT2D eigenvalue weighted by molar-refractivity contribution is 6.05. The molecule has 2 nitrogen and oxygen atoms in total. The number of hydrogen-bond donors (Lipinski definition) is 0. The van der Waals surface area contributed by atoms with E-state index in [2.05, 4.69) is 18.1 Å². The highest BCUT2D eigenvalue weighted by Crippen LogP contribution is 2.33. The summed E-state index contributed by atoms with van der Waals surface area (Å²) >= 11 is 0. The van der Waals surface area contributed by atoms with Crippen molar-refractivity contribution in [3.05, 3.63) is 35.7 Å². The van der Waals surface area contributed by atoms with Crippen molar-refractivity contribution in [1.29, 1.82) is 0 Å². The highest BCUT2D eigenvalue weighted by Gasteiger charge is 2.22. The number of allylic oxidation sites excluding steroid dienone is 1. The standard InChI is InChI=1S/C14H19NO/c1-4-14(16)13-9-10(2)15(11(13)3)12-7-5-6-8-12/h4,9,12H,1,5-8H2,2-3H3. The van der Waals surface area contributed by atoms with Crippen molar-refractivity contribution in [3.8, 4) is 0 Å². The summed E-state index contributed by atoms with van der Waals surface area (Å²) in [6.45, 7) is 7.69. The Hall–Kier alpha value is -1.31. The number of rotatable bonds is 3. The smallest absolute Gasteiger partial charge is 0.187 e. The molecule has 0 radical (unpaired) electrons. The summed E-state index contributed by atoms with van der Waals surface area (Å²) in [6.07, 6.45) is 6.52. The van der Waals surface area contributed by atoms with Gasteiger partial charge < -0.3 is 4.57 Å². The van der Waals surface area contributed by atoms with Crippen LogP contribution >= 0.6 is 0 Å². The van der Waals surface area contributed by atoms with Gasteiger partial charge in [0.25, 0.3) is 0 Å². The minimum absolute atomic E-state index is 0.0392. The number of nitrogens with zero attached hydrogens (tertiary/aromatic N) is 1. The Morgan fingerprint density at radius 2 is 2.06 bits per heavy atom. The maximum atomic E-state index is 11.7. The normalized spacial score (nSPS) is 16.6. The SMILES string of the molecule is C=CC(=O)c1cc(C)n(C2CCCC2)c1C. The molecule has 1 aliphatic carbocycles. The molecule has 1 aromatic heterocycles. The van der Waals surface area contributed by atoms with Gasteiger partial charge in [-0.2, -0.15) is 0 Å². The van der Waals surface area contributed by atoms with Gasteiger partial charge in [-0.1, -0.05) is 19.4 Å². The van der Waals surface area contributed by atoms with Gasteiger partial charge in [-0.05, 0) is 38.8 Å². The molecule has 0 saturated heterocycles. The molecular formula is C14H19NO. The number of carbonyl (C=O) groups excluding carboxylic acids is 1. The van der Waals surface area contributed by atoms with Crippen LogP contribution in [0.3, 0.4) is 0 Å². The van der Waals surface area contributed by atoms with Gasteiger partial charge in [0.1, 0.15) is 0 Å². The summed E-state index contributed by atoms with van der Waals surface area (Å²) in [5.74, 6) is 0.0392. The van der Waals surface area contributed by atoms with Crippen LogP contribution in [0.25, 0.3) is 0 Å². The molecule has 0 aromatic carbocycles. The van der Waals surface area contributed by atoms with Gasteiger partial charge in [-0.15, -0.1) is 0 Å². The molecule has 0 atom stereocenters. The average Bonchev–Trinajstić information content (AvgIpc) is 2.86. The van der Waals surface area contributed by atoms with E-state index in [-0.39, 0.29) is 5.78 Å². The zero-order chi connectivity index (χ0) is 11.7. The third-order valence-corrected chi connectivity index (χ3v) is 3.63. The summed E-state index contributed by atoms with van der Waals surface area (Å²) in [4.78, 5) is 11.7. The van der Waals surface area contributed by atoms with Gasteiger partial charge in [-0.25, -0.2) is 0 Å². The van der Waals surface area contributed by atoms with E-state index in [4.69, 9.17) is 0 Å². The van der Waals surface area contributed by atoms with Crippen molar-refractivity contribution in [1.82, 2.24) is 4.57 Å². The maximum Gasteiger partial charge on any atom is 0.187 e. The Kier molecular flexibility index (Phi) is 2.99. The van der Waals surface area contributed by atoms with E-state index in [0.717, 1.165) is 11.3 Å². The van der Waals surface area contributed by atoms with E-state index in [1.54, 1.807) is 0 Å². The molecule has 2 rings (SSSR count). The van der Waals surface area contributed by atoms with Crippen LogP contribution in [-0.4, -0.2) is 10.4 Å². The minimum atomic E-state index is 0.0392. The fourth-order valence-electron chi connectivity index (χ4n) is 2.86. The monoisotopic (exact) mass is 217 g/mol. The first-order valence-corrected chi connectivity index (χ1v) is 6.00. The van der Waals surface area contributed by atoms with Gasteiger partial charge in [0.15, 0.2) is 5.78 Å². The second-order valence-electron chi connectivity index (χ2n) is 4.66. The zero-order valence-electron chi connectivity index (χ0n) is 10.1. The van der Waals surface area contributed by atoms with E-state index < -0.39 is 0 Å². The lowest BCUT2D eigenvalue weighted by molar-refractivity contribution is 0.104. The van der Waals surface area contributed by atoms with Crippen molar-refractivity contribution >= 4 is 5.78 Å². The van der Waals surface area contributed by atoms with Crippen LogP contribution in [0.5, 0.6) is 0 Å². The van der Waals surface area contributed by atoms with Gasteiger partial charge in [-0.3, -0.25) is 4.79 Å². The van der Waals surface area contributed by atoms with Crippen LogP contribution in [0.15, 0.2) is 18.7 Å². The molecule has 86 valence electrons. The molecule has 16 heavy (non-hydrogen) atoms. The van der Waals surface area contributed by atoms with Crippen LogP contribution in [0.2, 0.25) is 0 Å². The molecular weight excluding hydrogens is 198 g/mol. The molecule has 0 N–H and O–H groups in total. The number of aryl methyl sites for hydroxylation is 1. The van der Waals surface area contributed by atoms with Gasteiger partial charge in [0.05, 0.1) is 0 Å². The van der Waals surface area contributed by atoms with E-state index in [1.807, 2.05) is 13.0 Å². The van der Waals surface area contributed by atoms with Crippen LogP contribution in [0, 0.1) is 13.8 Å². The molecule has 1 aliphatic rings. The molecule has 0 unspecified atom stereocenters. The highest BCUT2D eigenvalue weighted by atomic mass is 16.1. The predicted molar refractivity (Wildman–Crippen MR) is 65.9 cm³/mol. The third-order valence-electron chi connectivity index (χ3n) is 3.63. The molecule has 0 spiro atoms. The summed E-state index contributed by atoms with van der Waals surface area (Å²) in [5, 5.41) is 0. The Morgan fingerprint density at radius 1 is 1.44 bits per heavy atom. The number of carbonyl (C=O) groups is 1. The van der Waals surface area contributed by atoms with Gasteiger partial charge >= 0.3 is 0 Å². The van der Waals surface area contributed by atoms with E-state index in [9.17, 15) is 4.79 Å². The minimum Gasteiger partial charge on any atom is -0.345 e. The van der Waals surface area contributed by atoms with E-state index in [0.29, 0.717) is 6.04 Å². The Morgan fingerprint density at radius 3 is 2.62 bits per heavy atom. The fourth-order valence-corrected chi connectivity index (χ4v) is 2.86. The fraction of sp³-hybridized carbons (Fsp3) is 0.500. The van der Waals surface area contributed by atoms with Crippen molar-refractivity contribution in [3.63, 3.8) is 0 Å².